The Kier molecular flexibility index (Phi) is 6.72. The lowest BCUT2D eigenvalue weighted by Crippen LogP contribution is -2.39. The van der Waals surface area contributed by atoms with Crippen LogP contribution in [0.4, 0.5) is 0 Å². The molecule has 2 aliphatic rings. The number of hydrogen-bond donors (Lipinski definition) is 2. The first-order valence-corrected chi connectivity index (χ1v) is 8.62. The molecule has 0 radical (unpaired) electrons. The third kappa shape index (κ3) is 4.27. The minimum absolute atomic E-state index is 0. The highest BCUT2D eigenvalue weighted by Gasteiger charge is 2.34. The van der Waals surface area contributed by atoms with Crippen molar-refractivity contribution >= 4 is 41.8 Å². The number of imidazole rings is 1. The molecule has 5 nitrogen and oxygen atoms in total. The largest absolute Gasteiger partial charge is 0.349 e. The molecule has 3 heterocycles. The number of nitrogens with one attached hydrogen (secondary N) is 2. The molecule has 2 N–H and O–H groups in total. The number of halogens is 2. The lowest BCUT2D eigenvalue weighted by Gasteiger charge is -2.28. The number of aryl methyl sites for hydroxylation is 1. The number of carbonyl (C=O) groups is 1. The molecular formula is C18H26Cl2N4O. The zero-order valence-electron chi connectivity index (χ0n) is 14.4. The molecule has 0 aliphatic carbocycles. The van der Waals surface area contributed by atoms with Gasteiger partial charge >= 0.3 is 0 Å². The Labute approximate surface area is 160 Å². The molecule has 138 valence electrons. The van der Waals surface area contributed by atoms with E-state index in [2.05, 4.69) is 26.3 Å². The molecule has 0 spiro atoms. The van der Waals surface area contributed by atoms with Gasteiger partial charge in [0.25, 0.3) is 0 Å². The van der Waals surface area contributed by atoms with Gasteiger partial charge in [-0.3, -0.25) is 4.79 Å². The standard InChI is InChI=1S/C18H24N4O.2ClH/c1-22-16-5-3-2-4-15(16)21-17(22)11-19-18(23)10-12-8-13-6-7-14(9-12)20-13;;/h2-5,12-14,20H,6-11H2,1H3,(H,19,23);2*1H. The Morgan fingerprint density at radius 2 is 1.92 bits per heavy atom. The van der Waals surface area contributed by atoms with Crippen molar-refractivity contribution in [3.8, 4) is 0 Å². The van der Waals surface area contributed by atoms with E-state index < -0.39 is 0 Å². The van der Waals surface area contributed by atoms with Crippen LogP contribution in [0.2, 0.25) is 0 Å². The summed E-state index contributed by atoms with van der Waals surface area (Å²) in [4.78, 5) is 16.9. The van der Waals surface area contributed by atoms with Gasteiger partial charge in [-0.05, 0) is 43.7 Å². The summed E-state index contributed by atoms with van der Waals surface area (Å²) in [6.45, 7) is 0.502. The van der Waals surface area contributed by atoms with Crippen molar-refractivity contribution in [2.75, 3.05) is 0 Å². The number of piperidine rings is 1. The summed E-state index contributed by atoms with van der Waals surface area (Å²) in [5.74, 6) is 1.60. The molecule has 2 saturated heterocycles. The van der Waals surface area contributed by atoms with Crippen molar-refractivity contribution in [1.29, 1.82) is 0 Å². The van der Waals surface area contributed by atoms with Crippen molar-refractivity contribution < 1.29 is 4.79 Å². The minimum Gasteiger partial charge on any atom is -0.349 e. The van der Waals surface area contributed by atoms with Gasteiger partial charge in [0.1, 0.15) is 5.82 Å². The maximum atomic E-state index is 12.3. The maximum Gasteiger partial charge on any atom is 0.220 e. The van der Waals surface area contributed by atoms with Gasteiger partial charge in [0.05, 0.1) is 17.6 Å². The molecule has 1 amide bonds. The summed E-state index contributed by atoms with van der Waals surface area (Å²) in [5, 5.41) is 6.68. The molecule has 2 unspecified atom stereocenters. The van der Waals surface area contributed by atoms with Gasteiger partial charge in [-0.1, -0.05) is 12.1 Å². The minimum atomic E-state index is 0. The maximum absolute atomic E-state index is 12.3. The Morgan fingerprint density at radius 1 is 1.24 bits per heavy atom. The Hall–Kier alpha value is -1.30. The number of benzene rings is 1. The molecule has 2 atom stereocenters. The van der Waals surface area contributed by atoms with Crippen molar-refractivity contribution in [2.45, 2.75) is 50.7 Å². The predicted octanol–water partition coefficient (Wildman–Crippen LogP) is 2.95. The van der Waals surface area contributed by atoms with E-state index in [0.717, 1.165) is 29.7 Å². The van der Waals surface area contributed by atoms with Gasteiger partial charge in [0.2, 0.25) is 5.91 Å². The van der Waals surface area contributed by atoms with E-state index in [1.165, 1.54) is 12.8 Å². The summed E-state index contributed by atoms with van der Waals surface area (Å²) in [6, 6.07) is 9.35. The van der Waals surface area contributed by atoms with Gasteiger partial charge < -0.3 is 15.2 Å². The zero-order valence-corrected chi connectivity index (χ0v) is 16.0. The lowest BCUT2D eigenvalue weighted by molar-refractivity contribution is -0.122. The molecule has 2 fully saturated rings. The average Bonchev–Trinajstić information content (AvgIpc) is 3.05. The molecule has 4 rings (SSSR count). The van der Waals surface area contributed by atoms with E-state index >= 15 is 0 Å². The Balaban J connectivity index is 0.00000113. The van der Waals surface area contributed by atoms with E-state index in [1.807, 2.05) is 25.2 Å². The van der Waals surface area contributed by atoms with Crippen LogP contribution in [0.3, 0.4) is 0 Å². The van der Waals surface area contributed by atoms with Crippen molar-refractivity contribution in [3.05, 3.63) is 30.1 Å². The number of aromatic nitrogens is 2. The Morgan fingerprint density at radius 3 is 2.60 bits per heavy atom. The highest BCUT2D eigenvalue weighted by atomic mass is 35.5. The van der Waals surface area contributed by atoms with Gasteiger partial charge in [0.15, 0.2) is 0 Å². The van der Waals surface area contributed by atoms with E-state index in [9.17, 15) is 4.79 Å². The molecule has 25 heavy (non-hydrogen) atoms. The summed E-state index contributed by atoms with van der Waals surface area (Å²) in [5.41, 5.74) is 2.08. The van der Waals surface area contributed by atoms with Gasteiger partial charge in [-0.25, -0.2) is 4.98 Å². The van der Waals surface area contributed by atoms with Gasteiger partial charge in [-0.15, -0.1) is 24.8 Å². The van der Waals surface area contributed by atoms with Crippen molar-refractivity contribution in [3.63, 3.8) is 0 Å². The topological polar surface area (TPSA) is 59.0 Å². The number of hydrogen-bond acceptors (Lipinski definition) is 3. The molecular weight excluding hydrogens is 359 g/mol. The van der Waals surface area contributed by atoms with E-state index in [-0.39, 0.29) is 30.7 Å². The third-order valence-corrected chi connectivity index (χ3v) is 5.37. The molecule has 1 aromatic heterocycles. The summed E-state index contributed by atoms with van der Waals surface area (Å²) in [6.07, 6.45) is 5.51. The second kappa shape index (κ2) is 8.39. The van der Waals surface area contributed by atoms with Crippen LogP contribution in [-0.2, 0) is 18.4 Å². The van der Waals surface area contributed by atoms with E-state index in [0.29, 0.717) is 31.0 Å². The summed E-state index contributed by atoms with van der Waals surface area (Å²) in [7, 11) is 2.00. The number of para-hydroxylation sites is 2. The van der Waals surface area contributed by atoms with Crippen LogP contribution < -0.4 is 10.6 Å². The van der Waals surface area contributed by atoms with Crippen LogP contribution in [0.15, 0.2) is 24.3 Å². The molecule has 1 aromatic carbocycles. The number of nitrogens with zero attached hydrogens (tertiary/aromatic N) is 2. The first-order valence-electron chi connectivity index (χ1n) is 8.62. The normalized spacial score (nSPS) is 24.4. The van der Waals surface area contributed by atoms with E-state index in [4.69, 9.17) is 0 Å². The highest BCUT2D eigenvalue weighted by molar-refractivity contribution is 5.85. The second-order valence-corrected chi connectivity index (χ2v) is 7.03. The third-order valence-electron chi connectivity index (χ3n) is 5.37. The van der Waals surface area contributed by atoms with Gasteiger partial charge in [0, 0.05) is 25.6 Å². The number of carbonyl (C=O) groups excluding carboxylic acids is 1. The lowest BCUT2D eigenvalue weighted by atomic mass is 9.89. The number of rotatable bonds is 4. The molecule has 2 bridgehead atoms. The Bertz CT molecular complexity index is 721. The SMILES string of the molecule is Cl.Cl.Cn1c(CNC(=O)CC2CC3CCC(C2)N3)nc2ccccc21. The first kappa shape index (κ1) is 20.0. The van der Waals surface area contributed by atoms with Crippen molar-refractivity contribution in [1.82, 2.24) is 20.2 Å². The fourth-order valence-electron chi connectivity index (χ4n) is 4.21. The van der Waals surface area contributed by atoms with E-state index in [1.54, 1.807) is 0 Å². The number of fused-ring (bicyclic) bond motifs is 3. The van der Waals surface area contributed by atoms with Crippen molar-refractivity contribution in [2.24, 2.45) is 13.0 Å². The fourth-order valence-corrected chi connectivity index (χ4v) is 4.21. The summed E-state index contributed by atoms with van der Waals surface area (Å²) < 4.78 is 2.06. The highest BCUT2D eigenvalue weighted by Crippen LogP contribution is 2.32. The molecule has 7 heteroatoms. The fraction of sp³-hybridized carbons (Fsp3) is 0.556. The van der Waals surface area contributed by atoms with Crippen LogP contribution in [0.5, 0.6) is 0 Å². The smallest absolute Gasteiger partial charge is 0.220 e. The second-order valence-electron chi connectivity index (χ2n) is 7.03. The van der Waals surface area contributed by atoms with Crippen LogP contribution in [0, 0.1) is 5.92 Å². The molecule has 2 aliphatic heterocycles. The number of amides is 1. The van der Waals surface area contributed by atoms with Gasteiger partial charge in [-0.2, -0.15) is 0 Å². The average molecular weight is 385 g/mol. The molecule has 2 aromatic rings. The summed E-state index contributed by atoms with van der Waals surface area (Å²) >= 11 is 0. The monoisotopic (exact) mass is 384 g/mol. The van der Waals surface area contributed by atoms with Crippen LogP contribution in [0.1, 0.15) is 37.9 Å². The first-order chi connectivity index (χ1) is 11.2. The molecule has 0 saturated carbocycles. The van der Waals surface area contributed by atoms with Crippen LogP contribution in [0.25, 0.3) is 11.0 Å². The predicted molar refractivity (Wildman–Crippen MR) is 104 cm³/mol. The quantitative estimate of drug-likeness (QED) is 0.851. The zero-order chi connectivity index (χ0) is 15.8. The van der Waals surface area contributed by atoms with Crippen LogP contribution in [-0.4, -0.2) is 27.5 Å². The van der Waals surface area contributed by atoms with Crippen LogP contribution >= 0.6 is 24.8 Å².